The largest absolute Gasteiger partial charge is 0.379 e. The number of aromatic amines is 1. The predicted molar refractivity (Wildman–Crippen MR) is 62.2 cm³/mol. The molecule has 0 aliphatic carbocycles. The molecule has 2 nitrogen and oxygen atoms in total. The first-order valence-electron chi connectivity index (χ1n) is 4.57. The highest BCUT2D eigenvalue weighted by molar-refractivity contribution is 9.10. The molecule has 0 aliphatic heterocycles. The van der Waals surface area contributed by atoms with Gasteiger partial charge >= 0.3 is 0 Å². The van der Waals surface area contributed by atoms with Gasteiger partial charge in [0.2, 0.25) is 0 Å². The van der Waals surface area contributed by atoms with E-state index in [1.807, 2.05) is 12.1 Å². The number of hydrogen-bond acceptors (Lipinski definition) is 1. The molecule has 4 heteroatoms. The monoisotopic (exact) mass is 268 g/mol. The van der Waals surface area contributed by atoms with Crippen LogP contribution in [0, 0.1) is 5.82 Å². The molecule has 0 radical (unpaired) electrons. The summed E-state index contributed by atoms with van der Waals surface area (Å²) in [6.45, 7) is 0.692. The molecule has 0 bridgehead atoms. The van der Waals surface area contributed by atoms with Crippen LogP contribution in [0.25, 0.3) is 0 Å². The van der Waals surface area contributed by atoms with Crippen molar-refractivity contribution in [1.82, 2.24) is 4.98 Å². The molecular weight excluding hydrogens is 259 g/mol. The molecule has 0 aliphatic rings. The highest BCUT2D eigenvalue weighted by Crippen LogP contribution is 2.12. The standard InChI is InChI=1S/C11H10BrFN2/c12-11-6-5-10(15-11)7-14-9-3-1-8(13)2-4-9/h1-6,14-15H,7H2. The molecule has 0 unspecified atom stereocenters. The number of hydrogen-bond donors (Lipinski definition) is 2. The van der Waals surface area contributed by atoms with Crippen molar-refractivity contribution in [3.63, 3.8) is 0 Å². The number of rotatable bonds is 3. The number of H-pyrrole nitrogens is 1. The average molecular weight is 269 g/mol. The molecule has 0 fully saturated rings. The summed E-state index contributed by atoms with van der Waals surface area (Å²) in [5.41, 5.74) is 1.98. The molecule has 2 N–H and O–H groups in total. The van der Waals surface area contributed by atoms with Gasteiger partial charge in [0.25, 0.3) is 0 Å². The van der Waals surface area contributed by atoms with Gasteiger partial charge in [0.05, 0.1) is 11.1 Å². The van der Waals surface area contributed by atoms with E-state index in [9.17, 15) is 4.39 Å². The van der Waals surface area contributed by atoms with E-state index in [2.05, 4.69) is 26.2 Å². The van der Waals surface area contributed by atoms with Crippen molar-refractivity contribution < 1.29 is 4.39 Å². The van der Waals surface area contributed by atoms with Gasteiger partial charge in [-0.05, 0) is 52.3 Å². The fourth-order valence-corrected chi connectivity index (χ4v) is 1.67. The summed E-state index contributed by atoms with van der Waals surface area (Å²) in [5, 5.41) is 3.18. The first kappa shape index (κ1) is 10.2. The maximum absolute atomic E-state index is 12.6. The molecule has 78 valence electrons. The van der Waals surface area contributed by atoms with E-state index >= 15 is 0 Å². The van der Waals surface area contributed by atoms with Crippen LogP contribution in [-0.2, 0) is 6.54 Å². The minimum Gasteiger partial charge on any atom is -0.379 e. The Kier molecular flexibility index (Phi) is 3.06. The second kappa shape index (κ2) is 4.49. The lowest BCUT2D eigenvalue weighted by Gasteiger charge is -2.04. The van der Waals surface area contributed by atoms with Gasteiger partial charge in [0.1, 0.15) is 5.82 Å². The molecule has 0 amide bonds. The Balaban J connectivity index is 1.96. The molecule has 2 aromatic rings. The van der Waals surface area contributed by atoms with Crippen LogP contribution in [-0.4, -0.2) is 4.98 Å². The van der Waals surface area contributed by atoms with E-state index in [1.54, 1.807) is 12.1 Å². The maximum Gasteiger partial charge on any atom is 0.123 e. The van der Waals surface area contributed by atoms with Crippen LogP contribution in [0.5, 0.6) is 0 Å². The van der Waals surface area contributed by atoms with E-state index in [1.165, 1.54) is 12.1 Å². The van der Waals surface area contributed by atoms with Gasteiger partial charge in [0.15, 0.2) is 0 Å². The molecule has 0 saturated heterocycles. The van der Waals surface area contributed by atoms with E-state index in [0.29, 0.717) is 6.54 Å². The van der Waals surface area contributed by atoms with Gasteiger partial charge in [0, 0.05) is 11.4 Å². The van der Waals surface area contributed by atoms with Crippen molar-refractivity contribution >= 4 is 21.6 Å². The smallest absolute Gasteiger partial charge is 0.123 e. The summed E-state index contributed by atoms with van der Waals surface area (Å²) in [6.07, 6.45) is 0. The van der Waals surface area contributed by atoms with Crippen LogP contribution < -0.4 is 5.32 Å². The Hall–Kier alpha value is -1.29. The van der Waals surface area contributed by atoms with Crippen LogP contribution in [0.1, 0.15) is 5.69 Å². The Bertz CT molecular complexity index is 436. The lowest BCUT2D eigenvalue weighted by atomic mass is 10.3. The maximum atomic E-state index is 12.6. The molecule has 2 rings (SSSR count). The molecule has 1 aromatic carbocycles. The molecular formula is C11H10BrFN2. The first-order valence-corrected chi connectivity index (χ1v) is 5.36. The van der Waals surface area contributed by atoms with E-state index in [4.69, 9.17) is 0 Å². The number of aromatic nitrogens is 1. The number of halogens is 2. The van der Waals surface area contributed by atoms with Gasteiger partial charge in [-0.2, -0.15) is 0 Å². The van der Waals surface area contributed by atoms with E-state index in [0.717, 1.165) is 16.0 Å². The minimum absolute atomic E-state index is 0.219. The normalized spacial score (nSPS) is 10.3. The Morgan fingerprint density at radius 2 is 1.87 bits per heavy atom. The predicted octanol–water partition coefficient (Wildman–Crippen LogP) is 3.53. The molecule has 1 heterocycles. The lowest BCUT2D eigenvalue weighted by molar-refractivity contribution is 0.628. The lowest BCUT2D eigenvalue weighted by Crippen LogP contribution is -1.99. The number of nitrogens with one attached hydrogen (secondary N) is 2. The second-order valence-corrected chi connectivity index (χ2v) is 4.05. The van der Waals surface area contributed by atoms with Gasteiger partial charge in [-0.1, -0.05) is 0 Å². The number of benzene rings is 1. The highest BCUT2D eigenvalue weighted by Gasteiger charge is 1.96. The zero-order valence-corrected chi connectivity index (χ0v) is 9.51. The highest BCUT2D eigenvalue weighted by atomic mass is 79.9. The third kappa shape index (κ3) is 2.83. The molecule has 0 atom stereocenters. The zero-order valence-electron chi connectivity index (χ0n) is 7.93. The van der Waals surface area contributed by atoms with Crippen molar-refractivity contribution in [3.05, 3.63) is 52.5 Å². The van der Waals surface area contributed by atoms with Crippen molar-refractivity contribution in [2.75, 3.05) is 5.32 Å². The van der Waals surface area contributed by atoms with Gasteiger partial charge in [-0.3, -0.25) is 0 Å². The molecule has 15 heavy (non-hydrogen) atoms. The Morgan fingerprint density at radius 3 is 2.47 bits per heavy atom. The first-order chi connectivity index (χ1) is 7.24. The van der Waals surface area contributed by atoms with Crippen molar-refractivity contribution in [2.24, 2.45) is 0 Å². The van der Waals surface area contributed by atoms with Crippen molar-refractivity contribution in [3.8, 4) is 0 Å². The molecule has 0 spiro atoms. The minimum atomic E-state index is -0.219. The van der Waals surface area contributed by atoms with Crippen LogP contribution >= 0.6 is 15.9 Å². The fourth-order valence-electron chi connectivity index (χ4n) is 1.28. The summed E-state index contributed by atoms with van der Waals surface area (Å²) in [4.78, 5) is 3.14. The van der Waals surface area contributed by atoms with Gasteiger partial charge in [-0.15, -0.1) is 0 Å². The molecule has 0 saturated carbocycles. The van der Waals surface area contributed by atoms with Crippen LogP contribution in [0.4, 0.5) is 10.1 Å². The summed E-state index contributed by atoms with van der Waals surface area (Å²) < 4.78 is 13.6. The van der Waals surface area contributed by atoms with Crippen molar-refractivity contribution in [2.45, 2.75) is 6.54 Å². The second-order valence-electron chi connectivity index (χ2n) is 3.19. The summed E-state index contributed by atoms with van der Waals surface area (Å²) in [6, 6.07) is 10.2. The Morgan fingerprint density at radius 1 is 1.13 bits per heavy atom. The Labute approximate surface area is 95.6 Å². The third-order valence-electron chi connectivity index (χ3n) is 2.04. The zero-order chi connectivity index (χ0) is 10.7. The summed E-state index contributed by atoms with van der Waals surface area (Å²) in [7, 11) is 0. The van der Waals surface area contributed by atoms with Gasteiger partial charge in [-0.25, -0.2) is 4.39 Å². The molecule has 1 aromatic heterocycles. The van der Waals surface area contributed by atoms with E-state index < -0.39 is 0 Å². The SMILES string of the molecule is Fc1ccc(NCc2ccc(Br)[nH]2)cc1. The van der Waals surface area contributed by atoms with Crippen LogP contribution in [0.15, 0.2) is 41.0 Å². The third-order valence-corrected chi connectivity index (χ3v) is 2.50. The van der Waals surface area contributed by atoms with Crippen LogP contribution in [0.3, 0.4) is 0 Å². The number of anilines is 1. The topological polar surface area (TPSA) is 27.8 Å². The quantitative estimate of drug-likeness (QED) is 0.876. The summed E-state index contributed by atoms with van der Waals surface area (Å²) in [5.74, 6) is -0.219. The fraction of sp³-hybridized carbons (Fsp3) is 0.0909. The van der Waals surface area contributed by atoms with Crippen molar-refractivity contribution in [1.29, 1.82) is 0 Å². The summed E-state index contributed by atoms with van der Waals surface area (Å²) >= 11 is 3.33. The average Bonchev–Trinajstić information content (AvgIpc) is 2.64. The van der Waals surface area contributed by atoms with Crippen LogP contribution in [0.2, 0.25) is 0 Å². The van der Waals surface area contributed by atoms with Gasteiger partial charge < -0.3 is 10.3 Å². The van der Waals surface area contributed by atoms with E-state index in [-0.39, 0.29) is 5.82 Å².